The van der Waals surface area contributed by atoms with E-state index in [1.54, 1.807) is 27.7 Å². The molecule has 24 nitrogen and oxygen atoms in total. The number of Topliss-reactive ketones (excluding diaryl/α,β-unsaturated/α-hetero) is 2. The second-order valence-corrected chi connectivity index (χ2v) is 25.7. The average molecular weight is 1170 g/mol. The average Bonchev–Trinajstić information content (AvgIpc) is 1.63. The minimum absolute atomic E-state index is 0.0802. The van der Waals surface area contributed by atoms with Crippen molar-refractivity contribution in [3.05, 3.63) is 46.0 Å². The van der Waals surface area contributed by atoms with Crippen LogP contribution in [0.3, 0.4) is 0 Å². The van der Waals surface area contributed by atoms with Crippen LogP contribution in [0.5, 0.6) is 0 Å². The maximum absolute atomic E-state index is 14.4. The number of ether oxygens (including phenoxy) is 10. The molecule has 452 valence electrons. The number of esters is 8. The molecule has 4 heterocycles. The third-order valence-corrected chi connectivity index (χ3v) is 21.3. The third kappa shape index (κ3) is 8.10. The first-order valence-electron chi connectivity index (χ1n) is 28.1. The number of carbonyl (C=O) groups is 10. The lowest BCUT2D eigenvalue weighted by molar-refractivity contribution is -0.290. The zero-order valence-electron chi connectivity index (χ0n) is 48.3. The predicted molar refractivity (Wildman–Crippen MR) is 275 cm³/mol. The minimum atomic E-state index is -2.42. The Morgan fingerprint density at radius 3 is 1.27 bits per heavy atom. The summed E-state index contributed by atoms with van der Waals surface area (Å²) in [6.45, 7) is 16.3. The molecule has 0 amide bonds. The SMILES string of the molecule is COC(=O)C12OCC34C(CC5C(C)=C(OC(=O)CC(=O)OC6=C(C)C7CC8OC(=O)C(OC(=O)/C=C(\C)C(C)C)C9C%10(C(=O)OC)OCC89C(C(O)C%10O)C7(C)CC6=O)C(=O)CC5(C)C3C(O)C1O)OC(=O)C(OC(=O)/C=C(\C)C(C)C)C24. The molecule has 4 aliphatic heterocycles. The fraction of sp³-hybridized carbons (Fsp3) is 0.695. The standard InChI is InChI=1S/C59H72O24/c1-22(2)24(5)13-34(62)82-42-46-56-20-76-58(46,52(72)74-11)48(68)38(66)44(56)54(9)18-30(60)40(26(7)28(54)15-32(56)78-50(42)70)80-36(64)17-37(65)81-41-27(8)29-16-33-57-21-77-59(53(73)75-12,49(69)39(67)45(57)55(29,10)19-31(41)61)47(57)43(51(71)79-33)83-35(63)14-25(6)23(3)4/h13-14,22-23,28-29,32-33,38-39,42-49,66-69H,15-21H2,1-12H3/b24-13+,25-14+. The van der Waals surface area contributed by atoms with Crippen molar-refractivity contribution in [3.63, 3.8) is 0 Å². The molecule has 20 atom stereocenters. The summed E-state index contributed by atoms with van der Waals surface area (Å²) in [5.74, 6) is -18.4. The van der Waals surface area contributed by atoms with E-state index >= 15 is 0 Å². The van der Waals surface area contributed by atoms with E-state index < -0.39 is 221 Å². The molecule has 2 spiro atoms. The van der Waals surface area contributed by atoms with Gasteiger partial charge >= 0.3 is 47.8 Å². The van der Waals surface area contributed by atoms with E-state index in [1.807, 2.05) is 27.7 Å². The molecule has 4 bridgehead atoms. The van der Waals surface area contributed by atoms with Crippen LogP contribution in [-0.2, 0) is 95.3 Å². The van der Waals surface area contributed by atoms with Crippen LogP contribution in [0.25, 0.3) is 0 Å². The van der Waals surface area contributed by atoms with Crippen molar-refractivity contribution in [1.82, 2.24) is 0 Å². The molecule has 20 unspecified atom stereocenters. The highest BCUT2D eigenvalue weighted by atomic mass is 16.6. The summed E-state index contributed by atoms with van der Waals surface area (Å²) < 4.78 is 57.8. The molecule has 10 rings (SSSR count). The van der Waals surface area contributed by atoms with Crippen molar-refractivity contribution >= 4 is 59.3 Å². The Morgan fingerprint density at radius 1 is 0.590 bits per heavy atom. The predicted octanol–water partition coefficient (Wildman–Crippen LogP) is 1.68. The third-order valence-electron chi connectivity index (χ3n) is 21.3. The first-order chi connectivity index (χ1) is 38.8. The summed E-state index contributed by atoms with van der Waals surface area (Å²) >= 11 is 0. The molecule has 83 heavy (non-hydrogen) atoms. The Labute approximate surface area is 477 Å². The lowest BCUT2D eigenvalue weighted by Gasteiger charge is -2.67. The molecular formula is C59H72O24. The van der Waals surface area contributed by atoms with E-state index in [2.05, 4.69) is 0 Å². The van der Waals surface area contributed by atoms with Crippen molar-refractivity contribution in [1.29, 1.82) is 0 Å². The Hall–Kier alpha value is -6.18. The van der Waals surface area contributed by atoms with Gasteiger partial charge in [0.1, 0.15) is 30.8 Å². The van der Waals surface area contributed by atoms with Crippen LogP contribution in [0.4, 0.5) is 0 Å². The molecule has 4 saturated carbocycles. The van der Waals surface area contributed by atoms with Gasteiger partial charge in [0.15, 0.2) is 23.1 Å². The molecule has 4 saturated heterocycles. The van der Waals surface area contributed by atoms with Crippen LogP contribution in [0.15, 0.2) is 46.0 Å². The molecule has 6 aliphatic carbocycles. The maximum Gasteiger partial charge on any atom is 0.348 e. The van der Waals surface area contributed by atoms with Crippen LogP contribution in [-0.4, -0.2) is 167 Å². The Bertz CT molecular complexity index is 2840. The van der Waals surface area contributed by atoms with Crippen LogP contribution < -0.4 is 0 Å². The van der Waals surface area contributed by atoms with Crippen LogP contribution in [0, 0.1) is 69.0 Å². The van der Waals surface area contributed by atoms with Crippen LogP contribution in [0.1, 0.15) is 101 Å². The quantitative estimate of drug-likeness (QED) is 0.0934. The van der Waals surface area contributed by atoms with Crippen molar-refractivity contribution in [3.8, 4) is 0 Å². The van der Waals surface area contributed by atoms with Gasteiger partial charge in [0.2, 0.25) is 23.4 Å². The molecule has 4 N–H and O–H groups in total. The Morgan fingerprint density at radius 2 is 0.940 bits per heavy atom. The summed E-state index contributed by atoms with van der Waals surface area (Å²) in [6, 6.07) is 0. The van der Waals surface area contributed by atoms with E-state index in [1.165, 1.54) is 26.0 Å². The number of methoxy groups -OCH3 is 2. The van der Waals surface area contributed by atoms with Gasteiger partial charge in [-0.2, -0.15) is 0 Å². The topological polar surface area (TPSA) is 344 Å². The summed E-state index contributed by atoms with van der Waals surface area (Å²) in [5, 5.41) is 48.7. The van der Waals surface area contributed by atoms with Gasteiger partial charge in [0.25, 0.3) is 0 Å². The number of carbonyl (C=O) groups excluding carboxylic acids is 10. The number of ketones is 2. The smallest absolute Gasteiger partial charge is 0.348 e. The highest BCUT2D eigenvalue weighted by Gasteiger charge is 2.87. The van der Waals surface area contributed by atoms with E-state index in [4.69, 9.17) is 47.4 Å². The van der Waals surface area contributed by atoms with Gasteiger partial charge in [-0.15, -0.1) is 0 Å². The molecule has 0 aromatic heterocycles. The molecule has 0 aromatic rings. The lowest BCUT2D eigenvalue weighted by Crippen LogP contribution is -2.79. The van der Waals surface area contributed by atoms with Crippen LogP contribution in [0.2, 0.25) is 0 Å². The molecule has 24 heteroatoms. The van der Waals surface area contributed by atoms with E-state index in [9.17, 15) is 68.4 Å². The van der Waals surface area contributed by atoms with Gasteiger partial charge in [0, 0.05) is 47.7 Å². The second kappa shape index (κ2) is 20.2. The van der Waals surface area contributed by atoms with E-state index in [-0.39, 0.29) is 35.8 Å². The summed E-state index contributed by atoms with van der Waals surface area (Å²) in [7, 11) is 2.06. The number of aliphatic hydroxyl groups excluding tert-OH is 4. The molecule has 0 aromatic carbocycles. The maximum atomic E-state index is 14.4. The van der Waals surface area contributed by atoms with Gasteiger partial charge in [-0.3, -0.25) is 19.2 Å². The summed E-state index contributed by atoms with van der Waals surface area (Å²) in [5.41, 5.74) is -9.09. The largest absolute Gasteiger partial charge is 0.467 e. The highest BCUT2D eigenvalue weighted by Crippen LogP contribution is 2.75. The fourth-order valence-corrected chi connectivity index (χ4v) is 17.4. The summed E-state index contributed by atoms with van der Waals surface area (Å²) in [6.07, 6.45) is -13.7. The van der Waals surface area contributed by atoms with Crippen molar-refractivity contribution in [2.24, 2.45) is 69.0 Å². The highest BCUT2D eigenvalue weighted by molar-refractivity contribution is 6.02. The number of fused-ring (bicyclic) bond motifs is 4. The monoisotopic (exact) mass is 1160 g/mol. The number of rotatable bonds is 12. The Kier molecular flexibility index (Phi) is 14.6. The molecule has 8 fully saturated rings. The molecule has 0 radical (unpaired) electrons. The second-order valence-electron chi connectivity index (χ2n) is 25.7. The fourth-order valence-electron chi connectivity index (χ4n) is 17.4. The number of hydrogen-bond donors (Lipinski definition) is 4. The van der Waals surface area contributed by atoms with Crippen molar-refractivity contribution in [2.75, 3.05) is 27.4 Å². The number of allylic oxidation sites excluding steroid dienone is 6. The lowest BCUT2D eigenvalue weighted by atomic mass is 9.38. The van der Waals surface area contributed by atoms with Crippen LogP contribution >= 0.6 is 0 Å². The van der Waals surface area contributed by atoms with Crippen molar-refractivity contribution in [2.45, 2.75) is 161 Å². The van der Waals surface area contributed by atoms with Gasteiger partial charge in [-0.1, -0.05) is 52.7 Å². The van der Waals surface area contributed by atoms with E-state index in [0.717, 1.165) is 14.2 Å². The number of hydrogen-bond acceptors (Lipinski definition) is 24. The van der Waals surface area contributed by atoms with Gasteiger partial charge in [-0.05, 0) is 86.2 Å². The molecular weight excluding hydrogens is 1090 g/mol. The first kappa shape index (κ1) is 60.0. The minimum Gasteiger partial charge on any atom is -0.467 e. The molecule has 10 aliphatic rings. The first-order valence-corrected chi connectivity index (χ1v) is 28.1. The van der Waals surface area contributed by atoms with Gasteiger partial charge in [-0.25, -0.2) is 28.8 Å². The summed E-state index contributed by atoms with van der Waals surface area (Å²) in [4.78, 5) is 139. The van der Waals surface area contributed by atoms with Gasteiger partial charge < -0.3 is 67.8 Å². The normalized spacial score (nSPS) is 43.0. The number of aliphatic hydroxyl groups is 4. The van der Waals surface area contributed by atoms with Gasteiger partial charge in [0.05, 0.1) is 51.5 Å². The van der Waals surface area contributed by atoms with E-state index in [0.29, 0.717) is 11.1 Å². The van der Waals surface area contributed by atoms with Crippen molar-refractivity contribution < 1.29 is 116 Å². The Balaban J connectivity index is 0.904. The zero-order valence-corrected chi connectivity index (χ0v) is 48.3. The zero-order chi connectivity index (χ0) is 60.9.